The highest BCUT2D eigenvalue weighted by atomic mass is 79.9. The van der Waals surface area contributed by atoms with Gasteiger partial charge in [0.1, 0.15) is 5.60 Å². The second-order valence-corrected chi connectivity index (χ2v) is 11.9. The van der Waals surface area contributed by atoms with Crippen LogP contribution in [0, 0.1) is 0 Å². The first-order valence-electron chi connectivity index (χ1n) is 14.4. The first-order chi connectivity index (χ1) is 20.2. The third-order valence-electron chi connectivity index (χ3n) is 7.67. The smallest absolute Gasteiger partial charge is 0.217 e. The Bertz CT molecular complexity index is 1600. The van der Waals surface area contributed by atoms with Crippen LogP contribution in [0.3, 0.4) is 0 Å². The van der Waals surface area contributed by atoms with Crippen molar-refractivity contribution in [3.05, 3.63) is 118 Å². The van der Waals surface area contributed by atoms with Crippen LogP contribution in [0.25, 0.3) is 21.7 Å². The van der Waals surface area contributed by atoms with Crippen molar-refractivity contribution in [2.45, 2.75) is 44.3 Å². The van der Waals surface area contributed by atoms with Crippen LogP contribution in [-0.2, 0) is 5.60 Å². The molecule has 0 aliphatic carbocycles. The minimum atomic E-state index is -1.25. The molecule has 5 nitrogen and oxygen atoms in total. The summed E-state index contributed by atoms with van der Waals surface area (Å²) < 4.78 is 6.86. The SMILES string of the molecule is CC[C@H](C)O.COc1nc2ccc(Br)cc2cc1[C@@H](c1ccccc1)C(O)(CCN(C)C)c1cccc2ccccc12. The van der Waals surface area contributed by atoms with Crippen molar-refractivity contribution in [1.82, 2.24) is 9.88 Å². The van der Waals surface area contributed by atoms with Gasteiger partial charge in [0.05, 0.1) is 18.7 Å². The van der Waals surface area contributed by atoms with E-state index in [-0.39, 0.29) is 6.10 Å². The Morgan fingerprint density at radius 3 is 2.24 bits per heavy atom. The van der Waals surface area contributed by atoms with Gasteiger partial charge in [-0.05, 0) is 80.0 Å². The Morgan fingerprint density at radius 1 is 0.905 bits per heavy atom. The number of hydrogen-bond donors (Lipinski definition) is 2. The molecule has 5 rings (SSSR count). The summed E-state index contributed by atoms with van der Waals surface area (Å²) in [6.45, 7) is 4.43. The lowest BCUT2D eigenvalue weighted by molar-refractivity contribution is 0.00520. The fraction of sp³-hybridized carbons (Fsp3) is 0.306. The molecule has 1 unspecified atom stereocenters. The molecule has 3 atom stereocenters. The third kappa shape index (κ3) is 7.19. The van der Waals surface area contributed by atoms with E-state index in [1.165, 1.54) is 0 Å². The summed E-state index contributed by atoms with van der Waals surface area (Å²) in [6.07, 6.45) is 1.27. The molecule has 6 heteroatoms. The topological polar surface area (TPSA) is 65.8 Å². The second kappa shape index (κ2) is 14.3. The number of ether oxygens (including phenoxy) is 1. The number of aliphatic hydroxyl groups excluding tert-OH is 1. The second-order valence-electron chi connectivity index (χ2n) is 11.0. The van der Waals surface area contributed by atoms with Crippen molar-refractivity contribution in [2.24, 2.45) is 0 Å². The van der Waals surface area contributed by atoms with Gasteiger partial charge in [-0.25, -0.2) is 4.98 Å². The first-order valence-corrected chi connectivity index (χ1v) is 15.2. The van der Waals surface area contributed by atoms with Crippen molar-refractivity contribution in [3.63, 3.8) is 0 Å². The quantitative estimate of drug-likeness (QED) is 0.174. The van der Waals surface area contributed by atoms with Gasteiger partial charge in [-0.15, -0.1) is 0 Å². The molecule has 0 spiro atoms. The molecule has 0 aliphatic heterocycles. The first kappa shape index (κ1) is 31.6. The molecule has 2 N–H and O–H groups in total. The Morgan fingerprint density at radius 2 is 1.57 bits per heavy atom. The van der Waals surface area contributed by atoms with E-state index < -0.39 is 11.5 Å². The van der Waals surface area contributed by atoms with Gasteiger partial charge in [-0.3, -0.25) is 0 Å². The number of halogens is 1. The van der Waals surface area contributed by atoms with Gasteiger partial charge in [-0.2, -0.15) is 0 Å². The maximum atomic E-state index is 13.0. The lowest BCUT2D eigenvalue weighted by Crippen LogP contribution is -2.38. The predicted octanol–water partition coefficient (Wildman–Crippen LogP) is 7.91. The number of hydrogen-bond acceptors (Lipinski definition) is 5. The number of pyridine rings is 1. The van der Waals surface area contributed by atoms with Crippen molar-refractivity contribution in [2.75, 3.05) is 27.7 Å². The average molecular weight is 630 g/mol. The Kier molecular flexibility index (Phi) is 10.7. The summed E-state index contributed by atoms with van der Waals surface area (Å²) in [5, 5.41) is 24.5. The minimum Gasteiger partial charge on any atom is -0.481 e. The Labute approximate surface area is 257 Å². The molecule has 0 bridgehead atoms. The molecule has 0 aliphatic rings. The number of benzene rings is 4. The van der Waals surface area contributed by atoms with E-state index in [2.05, 4.69) is 69.4 Å². The fourth-order valence-corrected chi connectivity index (χ4v) is 5.68. The lowest BCUT2D eigenvalue weighted by atomic mass is 9.70. The van der Waals surface area contributed by atoms with Crippen LogP contribution in [-0.4, -0.2) is 54.0 Å². The molecule has 1 aromatic heterocycles. The molecule has 5 aromatic rings. The van der Waals surface area contributed by atoms with Crippen molar-refractivity contribution in [3.8, 4) is 5.88 Å². The molecular formula is C36H41BrN2O3. The molecule has 0 radical (unpaired) electrons. The normalized spacial score (nSPS) is 14.2. The minimum absolute atomic E-state index is 0.116. The van der Waals surface area contributed by atoms with Crippen LogP contribution in [0.4, 0.5) is 0 Å². The highest BCUT2D eigenvalue weighted by Crippen LogP contribution is 2.49. The maximum Gasteiger partial charge on any atom is 0.217 e. The van der Waals surface area contributed by atoms with Crippen LogP contribution in [0.2, 0.25) is 0 Å². The molecule has 42 heavy (non-hydrogen) atoms. The van der Waals surface area contributed by atoms with Crippen molar-refractivity contribution < 1.29 is 14.9 Å². The van der Waals surface area contributed by atoms with E-state index in [1.807, 2.05) is 69.6 Å². The van der Waals surface area contributed by atoms with Gasteiger partial charge >= 0.3 is 0 Å². The molecule has 0 saturated carbocycles. The summed E-state index contributed by atoms with van der Waals surface area (Å²) in [5.74, 6) is 0.0949. The summed E-state index contributed by atoms with van der Waals surface area (Å²) in [6, 6.07) is 32.8. The van der Waals surface area contributed by atoms with Crippen LogP contribution in [0.15, 0.2) is 102 Å². The van der Waals surface area contributed by atoms with Gasteiger partial charge in [0.2, 0.25) is 5.88 Å². The van der Waals surface area contributed by atoms with Gasteiger partial charge in [0, 0.05) is 27.9 Å². The van der Waals surface area contributed by atoms with Gasteiger partial charge < -0.3 is 19.8 Å². The molecular weight excluding hydrogens is 588 g/mol. The summed E-state index contributed by atoms with van der Waals surface area (Å²) in [5.41, 5.74) is 2.36. The summed E-state index contributed by atoms with van der Waals surface area (Å²) in [4.78, 5) is 7.00. The van der Waals surface area contributed by atoms with Crippen LogP contribution < -0.4 is 4.74 Å². The molecule has 0 amide bonds. The van der Waals surface area contributed by atoms with Crippen molar-refractivity contribution >= 4 is 37.6 Å². The van der Waals surface area contributed by atoms with Crippen molar-refractivity contribution in [1.29, 1.82) is 0 Å². The van der Waals surface area contributed by atoms with Gasteiger partial charge in [-0.1, -0.05) is 95.7 Å². The Balaban J connectivity index is 0.000000748. The van der Waals surface area contributed by atoms with Crippen LogP contribution in [0.1, 0.15) is 49.3 Å². The monoisotopic (exact) mass is 628 g/mol. The zero-order valence-electron chi connectivity index (χ0n) is 25.1. The predicted molar refractivity (Wildman–Crippen MR) is 177 cm³/mol. The number of aromatic nitrogens is 1. The summed E-state index contributed by atoms with van der Waals surface area (Å²) >= 11 is 3.60. The van der Waals surface area contributed by atoms with Crippen LogP contribution in [0.5, 0.6) is 5.88 Å². The number of rotatable bonds is 9. The number of fused-ring (bicyclic) bond motifs is 2. The summed E-state index contributed by atoms with van der Waals surface area (Å²) in [7, 11) is 5.73. The number of nitrogens with zero attached hydrogens (tertiary/aromatic N) is 2. The van der Waals surface area contributed by atoms with E-state index in [9.17, 15) is 5.11 Å². The third-order valence-corrected chi connectivity index (χ3v) is 8.16. The highest BCUT2D eigenvalue weighted by molar-refractivity contribution is 9.10. The standard InChI is InChI=1S/C32H31BrN2O2.C4H10O/c1-35(2)19-18-32(36,28-15-9-13-22-10-7-8-14-26(22)28)30(23-11-5-4-6-12-23)27-21-24-20-25(33)16-17-29(24)34-31(27)37-3;1-3-4(2)5/h4-17,20-21,30,36H,18-19H2,1-3H3;4-5H,3H2,1-2H3/t30-,32?;4-/m10/s1. The number of aliphatic hydroxyl groups is 2. The van der Waals surface area contributed by atoms with E-state index in [4.69, 9.17) is 14.8 Å². The molecule has 0 fully saturated rings. The molecule has 0 saturated heterocycles. The van der Waals surface area contributed by atoms with E-state index >= 15 is 0 Å². The largest absolute Gasteiger partial charge is 0.481 e. The lowest BCUT2D eigenvalue weighted by Gasteiger charge is -2.39. The Hall–Kier alpha value is -3.29. The fourth-order valence-electron chi connectivity index (χ4n) is 5.31. The average Bonchev–Trinajstić information content (AvgIpc) is 3.00. The molecule has 4 aromatic carbocycles. The maximum absolute atomic E-state index is 13.0. The zero-order valence-corrected chi connectivity index (χ0v) is 26.7. The number of methoxy groups -OCH3 is 1. The highest BCUT2D eigenvalue weighted by Gasteiger charge is 2.43. The van der Waals surface area contributed by atoms with Gasteiger partial charge in [0.25, 0.3) is 0 Å². The van der Waals surface area contributed by atoms with Crippen LogP contribution >= 0.6 is 15.9 Å². The van der Waals surface area contributed by atoms with E-state index in [0.29, 0.717) is 18.8 Å². The molecule has 1 heterocycles. The van der Waals surface area contributed by atoms with E-state index in [0.717, 1.165) is 49.3 Å². The molecule has 220 valence electrons. The zero-order chi connectivity index (χ0) is 30.3. The van der Waals surface area contributed by atoms with E-state index in [1.54, 1.807) is 14.0 Å². The van der Waals surface area contributed by atoms with Gasteiger partial charge in [0.15, 0.2) is 0 Å².